The molecule has 0 saturated heterocycles. The van der Waals surface area contributed by atoms with Crippen LogP contribution in [0.15, 0.2) is 87.2 Å². The van der Waals surface area contributed by atoms with Crippen LogP contribution >= 0.6 is 0 Å². The molecule has 0 aliphatic rings. The van der Waals surface area contributed by atoms with Gasteiger partial charge in [-0.05, 0) is 42.4 Å². The standard InChI is InChI=1S/C30H27F2N3O5SSi/c1-42(2,3)14-13-39-18-34-26(16-23-28(34)22-15-24(31)25(32)17-27(22)40-30(23)36)20-9-11-33-29-21(20)10-12-35(29)41(37,38)19-7-5-4-6-8-19/h4-12,15-17H,13-14,18H2,1-3H3. The summed E-state index contributed by atoms with van der Waals surface area (Å²) in [5.74, 6) is -2.22. The number of benzene rings is 2. The van der Waals surface area contributed by atoms with Crippen LogP contribution in [0.1, 0.15) is 0 Å². The van der Waals surface area contributed by atoms with Gasteiger partial charge in [0.1, 0.15) is 12.3 Å². The summed E-state index contributed by atoms with van der Waals surface area (Å²) in [6.07, 6.45) is 2.92. The van der Waals surface area contributed by atoms with E-state index in [2.05, 4.69) is 24.6 Å². The normalized spacial score (nSPS) is 12.6. The quantitative estimate of drug-likeness (QED) is 0.110. The van der Waals surface area contributed by atoms with Crippen molar-refractivity contribution in [2.75, 3.05) is 6.61 Å². The predicted molar refractivity (Wildman–Crippen MR) is 160 cm³/mol. The van der Waals surface area contributed by atoms with Crippen molar-refractivity contribution in [1.29, 1.82) is 0 Å². The molecule has 4 heterocycles. The minimum Gasteiger partial charge on any atom is -0.422 e. The summed E-state index contributed by atoms with van der Waals surface area (Å²) >= 11 is 0. The molecule has 216 valence electrons. The highest BCUT2D eigenvalue weighted by molar-refractivity contribution is 7.90. The minimum atomic E-state index is -3.95. The first kappa shape index (κ1) is 28.0. The Kier molecular flexibility index (Phi) is 6.87. The summed E-state index contributed by atoms with van der Waals surface area (Å²) in [6, 6.07) is 15.7. The van der Waals surface area contributed by atoms with Gasteiger partial charge in [0, 0.05) is 49.5 Å². The number of nitrogens with zero attached hydrogens (tertiary/aromatic N) is 3. The van der Waals surface area contributed by atoms with Gasteiger partial charge in [-0.3, -0.25) is 0 Å². The molecule has 0 aliphatic carbocycles. The van der Waals surface area contributed by atoms with Crippen molar-refractivity contribution in [2.45, 2.75) is 37.3 Å². The SMILES string of the molecule is C[Si](C)(C)CCOCn1c(-c2ccnc3c2ccn3S(=O)(=O)c2ccccc2)cc2c(=O)oc3cc(F)c(F)cc3c21. The van der Waals surface area contributed by atoms with Crippen LogP contribution in [0.5, 0.6) is 0 Å². The summed E-state index contributed by atoms with van der Waals surface area (Å²) in [6.45, 7) is 7.16. The average Bonchev–Trinajstić information content (AvgIpc) is 3.55. The molecule has 6 aromatic rings. The molecule has 0 unspecified atom stereocenters. The van der Waals surface area contributed by atoms with Gasteiger partial charge in [-0.2, -0.15) is 0 Å². The monoisotopic (exact) mass is 607 g/mol. The fourth-order valence-corrected chi connectivity index (χ4v) is 7.06. The first-order valence-corrected chi connectivity index (χ1v) is 18.4. The van der Waals surface area contributed by atoms with E-state index in [-0.39, 0.29) is 33.6 Å². The van der Waals surface area contributed by atoms with Crippen molar-refractivity contribution in [3.8, 4) is 11.3 Å². The molecule has 0 spiro atoms. The fraction of sp³-hybridized carbons (Fsp3) is 0.200. The number of pyridine rings is 1. The van der Waals surface area contributed by atoms with Gasteiger partial charge in [-0.15, -0.1) is 0 Å². The first-order chi connectivity index (χ1) is 20.0. The minimum absolute atomic E-state index is 0.00764. The third-order valence-electron chi connectivity index (χ3n) is 7.14. The van der Waals surface area contributed by atoms with Gasteiger partial charge in [0.2, 0.25) is 0 Å². The summed E-state index contributed by atoms with van der Waals surface area (Å²) in [4.78, 5) is 17.6. The van der Waals surface area contributed by atoms with Crippen molar-refractivity contribution < 1.29 is 26.4 Å². The Balaban J connectivity index is 1.58. The molecule has 8 nitrogen and oxygen atoms in total. The molecule has 0 aliphatic heterocycles. The molecule has 0 bridgehead atoms. The summed E-state index contributed by atoms with van der Waals surface area (Å²) in [5, 5.41) is 0.866. The Hall–Kier alpha value is -4.13. The van der Waals surface area contributed by atoms with Gasteiger partial charge in [0.15, 0.2) is 17.3 Å². The second-order valence-electron chi connectivity index (χ2n) is 11.2. The Bertz CT molecular complexity index is 2150. The van der Waals surface area contributed by atoms with E-state index in [1.54, 1.807) is 41.0 Å². The molecule has 42 heavy (non-hydrogen) atoms. The van der Waals surface area contributed by atoms with Crippen LogP contribution in [0.3, 0.4) is 0 Å². The zero-order valence-corrected chi connectivity index (χ0v) is 24.9. The lowest BCUT2D eigenvalue weighted by molar-refractivity contribution is 0.0914. The van der Waals surface area contributed by atoms with Crippen LogP contribution in [0.2, 0.25) is 25.7 Å². The second kappa shape index (κ2) is 10.3. The number of aromatic nitrogens is 3. The van der Waals surface area contributed by atoms with E-state index in [0.29, 0.717) is 28.8 Å². The second-order valence-corrected chi connectivity index (χ2v) is 18.7. The molecule has 6 rings (SSSR count). The average molecular weight is 608 g/mol. The molecule has 2 aromatic carbocycles. The van der Waals surface area contributed by atoms with Crippen LogP contribution in [-0.2, 0) is 21.5 Å². The van der Waals surface area contributed by atoms with Gasteiger partial charge < -0.3 is 13.7 Å². The highest BCUT2D eigenvalue weighted by Crippen LogP contribution is 2.36. The molecule has 4 aromatic heterocycles. The van der Waals surface area contributed by atoms with E-state index >= 15 is 0 Å². The zero-order valence-electron chi connectivity index (χ0n) is 23.1. The predicted octanol–water partition coefficient (Wildman–Crippen LogP) is 6.59. The molecule has 0 atom stereocenters. The Morgan fingerprint density at radius 2 is 1.69 bits per heavy atom. The van der Waals surface area contributed by atoms with Crippen LogP contribution < -0.4 is 5.63 Å². The number of hydrogen-bond acceptors (Lipinski definition) is 6. The van der Waals surface area contributed by atoms with Crippen LogP contribution in [-0.4, -0.2) is 36.6 Å². The Morgan fingerprint density at radius 1 is 0.952 bits per heavy atom. The largest absolute Gasteiger partial charge is 0.422 e. The smallest absolute Gasteiger partial charge is 0.345 e. The van der Waals surface area contributed by atoms with E-state index in [4.69, 9.17) is 9.15 Å². The van der Waals surface area contributed by atoms with Gasteiger partial charge in [0.05, 0.1) is 21.5 Å². The molecular formula is C30H27F2N3O5SSi. The molecule has 12 heteroatoms. The van der Waals surface area contributed by atoms with Crippen LogP contribution in [0.4, 0.5) is 8.78 Å². The van der Waals surface area contributed by atoms with Gasteiger partial charge in [-0.1, -0.05) is 37.8 Å². The van der Waals surface area contributed by atoms with Crippen molar-refractivity contribution in [2.24, 2.45) is 0 Å². The summed E-state index contributed by atoms with van der Waals surface area (Å²) in [5.41, 5.74) is 0.772. The number of hydrogen-bond donors (Lipinski definition) is 0. The highest BCUT2D eigenvalue weighted by atomic mass is 32.2. The maximum atomic E-state index is 14.4. The maximum absolute atomic E-state index is 14.4. The highest BCUT2D eigenvalue weighted by Gasteiger charge is 2.24. The van der Waals surface area contributed by atoms with Gasteiger partial charge >= 0.3 is 5.63 Å². The molecule has 0 radical (unpaired) electrons. The topological polar surface area (TPSA) is 96.3 Å². The maximum Gasteiger partial charge on any atom is 0.345 e. The van der Waals surface area contributed by atoms with Crippen molar-refractivity contribution in [3.63, 3.8) is 0 Å². The van der Waals surface area contributed by atoms with Crippen molar-refractivity contribution >= 4 is 51.0 Å². The van der Waals surface area contributed by atoms with Gasteiger partial charge in [0.25, 0.3) is 10.0 Å². The fourth-order valence-electron chi connectivity index (χ4n) is 4.98. The first-order valence-electron chi connectivity index (χ1n) is 13.3. The number of halogens is 2. The summed E-state index contributed by atoms with van der Waals surface area (Å²) < 4.78 is 69.7. The lowest BCUT2D eigenvalue weighted by Gasteiger charge is -2.17. The number of ether oxygens (including phenoxy) is 1. The van der Waals surface area contributed by atoms with Crippen molar-refractivity contribution in [3.05, 3.63) is 95.1 Å². The molecule has 0 fully saturated rings. The molecule has 0 N–H and O–H groups in total. The van der Waals surface area contributed by atoms with E-state index in [9.17, 15) is 22.0 Å². The molecular weight excluding hydrogens is 580 g/mol. The summed E-state index contributed by atoms with van der Waals surface area (Å²) in [7, 11) is -5.36. The van der Waals surface area contributed by atoms with Crippen LogP contribution in [0.25, 0.3) is 44.2 Å². The zero-order chi connectivity index (χ0) is 29.8. The Morgan fingerprint density at radius 3 is 2.43 bits per heavy atom. The lowest BCUT2D eigenvalue weighted by Crippen LogP contribution is -2.22. The lowest BCUT2D eigenvalue weighted by atomic mass is 10.1. The third-order valence-corrected chi connectivity index (χ3v) is 10.5. The number of rotatable bonds is 8. The van der Waals surface area contributed by atoms with E-state index in [0.717, 1.165) is 22.1 Å². The van der Waals surface area contributed by atoms with E-state index in [1.165, 1.54) is 24.5 Å². The van der Waals surface area contributed by atoms with Gasteiger partial charge in [-0.25, -0.2) is 30.9 Å². The molecule has 0 saturated carbocycles. The third kappa shape index (κ3) is 4.84. The molecule has 0 amide bonds. The van der Waals surface area contributed by atoms with E-state index in [1.807, 2.05) is 0 Å². The van der Waals surface area contributed by atoms with Crippen molar-refractivity contribution in [1.82, 2.24) is 13.5 Å². The van der Waals surface area contributed by atoms with Crippen LogP contribution in [0, 0.1) is 11.6 Å². The van der Waals surface area contributed by atoms with E-state index < -0.39 is 35.4 Å². The number of fused-ring (bicyclic) bond motifs is 4. The Labute approximate surface area is 240 Å².